The van der Waals surface area contributed by atoms with E-state index in [0.29, 0.717) is 6.42 Å². The van der Waals surface area contributed by atoms with Gasteiger partial charge in [-0.15, -0.1) is 0 Å². The Labute approximate surface area is 83.9 Å². The molecule has 0 radical (unpaired) electrons. The Balaban J connectivity index is 2.78. The van der Waals surface area contributed by atoms with Gasteiger partial charge < -0.3 is 5.11 Å². The molecule has 0 amide bonds. The molecule has 0 aliphatic carbocycles. The Morgan fingerprint density at radius 3 is 2.57 bits per heavy atom. The zero-order valence-electron chi connectivity index (χ0n) is 8.23. The van der Waals surface area contributed by atoms with Crippen LogP contribution in [0.4, 0.5) is 0 Å². The molecule has 0 heterocycles. The molecule has 0 saturated heterocycles. The number of carbonyl (C=O) groups excluding carboxylic acids is 1. The molecular weight excluding hydrogens is 176 g/mol. The standard InChI is InChI=1S/C12H14O2/c1-3-11(13)12(2,14)9-10-7-5-4-6-8-10/h3-8,14H,1,9H2,2H3. The molecule has 1 aromatic carbocycles. The van der Waals surface area contributed by atoms with Crippen LogP contribution in [0.2, 0.25) is 0 Å². The van der Waals surface area contributed by atoms with Gasteiger partial charge in [0.1, 0.15) is 5.60 Å². The molecule has 0 saturated carbocycles. The minimum atomic E-state index is -1.34. The normalized spacial score (nSPS) is 14.4. The molecule has 74 valence electrons. The molecule has 0 fully saturated rings. The Hall–Kier alpha value is -1.41. The summed E-state index contributed by atoms with van der Waals surface area (Å²) in [5.41, 5.74) is -0.406. The number of carbonyl (C=O) groups is 1. The van der Waals surface area contributed by atoms with Crippen LogP contribution in [0.3, 0.4) is 0 Å². The van der Waals surface area contributed by atoms with Gasteiger partial charge in [0.15, 0.2) is 5.78 Å². The second-order valence-corrected chi connectivity index (χ2v) is 3.50. The van der Waals surface area contributed by atoms with Crippen molar-refractivity contribution in [1.29, 1.82) is 0 Å². The van der Waals surface area contributed by atoms with Crippen LogP contribution in [0.15, 0.2) is 43.0 Å². The largest absolute Gasteiger partial charge is 0.382 e. The number of hydrogen-bond acceptors (Lipinski definition) is 2. The van der Waals surface area contributed by atoms with Crippen molar-refractivity contribution in [3.8, 4) is 0 Å². The number of aliphatic hydroxyl groups is 1. The van der Waals surface area contributed by atoms with Gasteiger partial charge in [0.25, 0.3) is 0 Å². The van der Waals surface area contributed by atoms with E-state index in [1.807, 2.05) is 30.3 Å². The number of benzene rings is 1. The highest BCUT2D eigenvalue weighted by molar-refractivity contribution is 5.96. The fourth-order valence-electron chi connectivity index (χ4n) is 1.30. The second-order valence-electron chi connectivity index (χ2n) is 3.50. The lowest BCUT2D eigenvalue weighted by molar-refractivity contribution is -0.130. The molecule has 1 atom stereocenters. The van der Waals surface area contributed by atoms with E-state index in [4.69, 9.17) is 0 Å². The minimum absolute atomic E-state index is 0.318. The fourth-order valence-corrected chi connectivity index (χ4v) is 1.30. The Morgan fingerprint density at radius 2 is 2.07 bits per heavy atom. The molecule has 2 nitrogen and oxygen atoms in total. The van der Waals surface area contributed by atoms with Crippen LogP contribution < -0.4 is 0 Å². The van der Waals surface area contributed by atoms with Crippen LogP contribution >= 0.6 is 0 Å². The van der Waals surface area contributed by atoms with Crippen LogP contribution in [-0.4, -0.2) is 16.5 Å². The molecule has 1 aromatic rings. The first-order chi connectivity index (χ1) is 6.56. The quantitative estimate of drug-likeness (QED) is 0.734. The topological polar surface area (TPSA) is 37.3 Å². The van der Waals surface area contributed by atoms with Crippen molar-refractivity contribution in [1.82, 2.24) is 0 Å². The van der Waals surface area contributed by atoms with Gasteiger partial charge in [0.05, 0.1) is 0 Å². The van der Waals surface area contributed by atoms with E-state index < -0.39 is 5.60 Å². The van der Waals surface area contributed by atoms with Crippen molar-refractivity contribution in [2.45, 2.75) is 18.9 Å². The van der Waals surface area contributed by atoms with Gasteiger partial charge in [0.2, 0.25) is 0 Å². The van der Waals surface area contributed by atoms with Crippen molar-refractivity contribution in [3.63, 3.8) is 0 Å². The van der Waals surface area contributed by atoms with E-state index in [2.05, 4.69) is 6.58 Å². The number of rotatable bonds is 4. The molecule has 14 heavy (non-hydrogen) atoms. The third-order valence-electron chi connectivity index (χ3n) is 2.11. The maximum Gasteiger partial charge on any atom is 0.186 e. The van der Waals surface area contributed by atoms with E-state index in [1.165, 1.54) is 6.92 Å². The average molecular weight is 190 g/mol. The van der Waals surface area contributed by atoms with Crippen LogP contribution in [0.1, 0.15) is 12.5 Å². The fraction of sp³-hybridized carbons (Fsp3) is 0.250. The Kier molecular flexibility index (Phi) is 3.20. The maximum absolute atomic E-state index is 11.3. The van der Waals surface area contributed by atoms with Crippen molar-refractivity contribution < 1.29 is 9.90 Å². The van der Waals surface area contributed by atoms with Crippen molar-refractivity contribution in [3.05, 3.63) is 48.6 Å². The summed E-state index contributed by atoms with van der Waals surface area (Å²) >= 11 is 0. The van der Waals surface area contributed by atoms with Gasteiger partial charge in [-0.3, -0.25) is 4.79 Å². The molecule has 0 aliphatic heterocycles. The Morgan fingerprint density at radius 1 is 1.50 bits per heavy atom. The summed E-state index contributed by atoms with van der Waals surface area (Å²) in [6, 6.07) is 9.41. The van der Waals surface area contributed by atoms with Gasteiger partial charge >= 0.3 is 0 Å². The van der Waals surface area contributed by atoms with Crippen molar-refractivity contribution in [2.75, 3.05) is 0 Å². The molecular formula is C12H14O2. The van der Waals surface area contributed by atoms with Crippen LogP contribution in [0.5, 0.6) is 0 Å². The first kappa shape index (κ1) is 10.7. The summed E-state index contributed by atoms with van der Waals surface area (Å²) in [5.74, 6) is -0.346. The van der Waals surface area contributed by atoms with Crippen LogP contribution in [0, 0.1) is 0 Å². The predicted octanol–water partition coefficient (Wildman–Crippen LogP) is 1.74. The van der Waals surface area contributed by atoms with E-state index >= 15 is 0 Å². The number of hydrogen-bond donors (Lipinski definition) is 1. The third kappa shape index (κ3) is 2.54. The van der Waals surface area contributed by atoms with Crippen molar-refractivity contribution in [2.24, 2.45) is 0 Å². The summed E-state index contributed by atoms with van der Waals surface area (Å²) in [7, 11) is 0. The smallest absolute Gasteiger partial charge is 0.186 e. The molecule has 0 aromatic heterocycles. The van der Waals surface area contributed by atoms with E-state index in [1.54, 1.807) is 0 Å². The first-order valence-electron chi connectivity index (χ1n) is 4.49. The lowest BCUT2D eigenvalue weighted by Gasteiger charge is -2.19. The predicted molar refractivity (Wildman–Crippen MR) is 56.0 cm³/mol. The summed E-state index contributed by atoms with van der Waals surface area (Å²) < 4.78 is 0. The highest BCUT2D eigenvalue weighted by atomic mass is 16.3. The summed E-state index contributed by atoms with van der Waals surface area (Å²) in [6.45, 7) is 4.86. The highest BCUT2D eigenvalue weighted by Gasteiger charge is 2.27. The van der Waals surface area contributed by atoms with E-state index in [-0.39, 0.29) is 5.78 Å². The van der Waals surface area contributed by atoms with Crippen LogP contribution in [-0.2, 0) is 11.2 Å². The van der Waals surface area contributed by atoms with Crippen molar-refractivity contribution >= 4 is 5.78 Å². The maximum atomic E-state index is 11.3. The van der Waals surface area contributed by atoms with Crippen LogP contribution in [0.25, 0.3) is 0 Å². The lowest BCUT2D eigenvalue weighted by atomic mass is 9.92. The van der Waals surface area contributed by atoms with Gasteiger partial charge in [-0.2, -0.15) is 0 Å². The summed E-state index contributed by atoms with van der Waals surface area (Å²) in [5, 5.41) is 9.82. The monoisotopic (exact) mass is 190 g/mol. The first-order valence-corrected chi connectivity index (χ1v) is 4.49. The average Bonchev–Trinajstić information content (AvgIpc) is 2.17. The van der Waals surface area contributed by atoms with Gasteiger partial charge in [-0.05, 0) is 18.6 Å². The second kappa shape index (κ2) is 4.20. The zero-order chi connectivity index (χ0) is 10.6. The molecule has 0 bridgehead atoms. The molecule has 0 aliphatic rings. The van der Waals surface area contributed by atoms with Gasteiger partial charge in [-0.25, -0.2) is 0 Å². The molecule has 0 spiro atoms. The van der Waals surface area contributed by atoms with E-state index in [9.17, 15) is 9.90 Å². The third-order valence-corrected chi connectivity index (χ3v) is 2.11. The van der Waals surface area contributed by atoms with Gasteiger partial charge in [0, 0.05) is 6.42 Å². The SMILES string of the molecule is C=CC(=O)C(C)(O)Cc1ccccc1. The molecule has 1 unspecified atom stereocenters. The van der Waals surface area contributed by atoms with E-state index in [0.717, 1.165) is 11.6 Å². The molecule has 2 heteroatoms. The molecule has 1 N–H and O–H groups in total. The summed E-state index contributed by atoms with van der Waals surface area (Å²) in [4.78, 5) is 11.3. The summed E-state index contributed by atoms with van der Waals surface area (Å²) in [6.07, 6.45) is 1.47. The highest BCUT2D eigenvalue weighted by Crippen LogP contribution is 2.14. The molecule has 1 rings (SSSR count). The number of ketones is 1. The van der Waals surface area contributed by atoms with Gasteiger partial charge in [-0.1, -0.05) is 36.9 Å². The lowest BCUT2D eigenvalue weighted by Crippen LogP contribution is -2.36. The minimum Gasteiger partial charge on any atom is -0.382 e. The Bertz CT molecular complexity index is 325. The zero-order valence-corrected chi connectivity index (χ0v) is 8.23.